The first-order valence-corrected chi connectivity index (χ1v) is 9.14. The molecule has 0 saturated carbocycles. The van der Waals surface area contributed by atoms with Crippen molar-refractivity contribution in [3.63, 3.8) is 0 Å². The molecule has 1 heterocycles. The van der Waals surface area contributed by atoms with Crippen LogP contribution in [0, 0.1) is 0 Å². The number of benzene rings is 2. The van der Waals surface area contributed by atoms with E-state index < -0.39 is 0 Å². The molecule has 134 valence electrons. The molecule has 0 bridgehead atoms. The van der Waals surface area contributed by atoms with E-state index in [-0.39, 0.29) is 11.7 Å². The molecule has 0 atom stereocenters. The number of rotatable bonds is 7. The minimum atomic E-state index is -0.0335. The number of para-hydroxylation sites is 3. The molecule has 3 rings (SSSR count). The second-order valence-corrected chi connectivity index (χ2v) is 6.29. The Morgan fingerprint density at radius 1 is 1.15 bits per heavy atom. The van der Waals surface area contributed by atoms with Gasteiger partial charge in [-0.1, -0.05) is 42.1 Å². The van der Waals surface area contributed by atoms with Crippen LogP contribution in [0.5, 0.6) is 5.75 Å². The summed E-state index contributed by atoms with van der Waals surface area (Å²) in [5.74, 6) is 0.883. The molecule has 8 heteroatoms. The van der Waals surface area contributed by atoms with E-state index >= 15 is 0 Å². The van der Waals surface area contributed by atoms with Crippen molar-refractivity contribution in [1.82, 2.24) is 20.2 Å². The van der Waals surface area contributed by atoms with Crippen LogP contribution < -0.4 is 9.64 Å². The Kier molecular flexibility index (Phi) is 5.85. The van der Waals surface area contributed by atoms with Gasteiger partial charge in [0.2, 0.25) is 11.1 Å². The van der Waals surface area contributed by atoms with Gasteiger partial charge in [0, 0.05) is 12.7 Å². The minimum absolute atomic E-state index is 0.0335. The number of hydrogen-bond donors (Lipinski definition) is 0. The predicted octanol–water partition coefficient (Wildman–Crippen LogP) is 2.82. The van der Waals surface area contributed by atoms with E-state index in [4.69, 9.17) is 4.74 Å². The molecule has 0 aliphatic rings. The first-order valence-electron chi connectivity index (χ1n) is 8.15. The van der Waals surface area contributed by atoms with Gasteiger partial charge in [0.1, 0.15) is 11.4 Å². The second-order valence-electron chi connectivity index (χ2n) is 5.35. The first kappa shape index (κ1) is 17.9. The number of aromatic nitrogens is 4. The maximum Gasteiger partial charge on any atom is 0.237 e. The third kappa shape index (κ3) is 4.02. The van der Waals surface area contributed by atoms with Crippen molar-refractivity contribution >= 4 is 23.4 Å². The molecule has 0 N–H and O–H groups in total. The fourth-order valence-electron chi connectivity index (χ4n) is 2.35. The van der Waals surface area contributed by atoms with E-state index in [1.54, 1.807) is 16.6 Å². The topological polar surface area (TPSA) is 73.1 Å². The van der Waals surface area contributed by atoms with E-state index in [0.717, 1.165) is 11.4 Å². The third-order valence-corrected chi connectivity index (χ3v) is 4.58. The van der Waals surface area contributed by atoms with E-state index in [1.807, 2.05) is 61.5 Å². The van der Waals surface area contributed by atoms with Crippen molar-refractivity contribution in [3.8, 4) is 11.4 Å². The number of thioether (sulfide) groups is 1. The standard InChI is InChI=1S/C18H19N5O2S/c1-3-25-16-12-8-7-11-15(16)23-18(19-20-21-23)26-13-17(24)22(2)14-9-5-4-6-10-14/h4-12H,3,13H2,1-2H3. The summed E-state index contributed by atoms with van der Waals surface area (Å²) in [5.41, 5.74) is 1.59. The van der Waals surface area contributed by atoms with Crippen molar-refractivity contribution in [1.29, 1.82) is 0 Å². The molecule has 0 radical (unpaired) electrons. The molecule has 2 aromatic carbocycles. The summed E-state index contributed by atoms with van der Waals surface area (Å²) in [6.07, 6.45) is 0. The fourth-order valence-corrected chi connectivity index (χ4v) is 3.15. The van der Waals surface area contributed by atoms with E-state index in [1.165, 1.54) is 11.8 Å². The highest BCUT2D eigenvalue weighted by atomic mass is 32.2. The Hall–Kier alpha value is -2.87. The van der Waals surface area contributed by atoms with Gasteiger partial charge in [-0.25, -0.2) is 0 Å². The fraction of sp³-hybridized carbons (Fsp3) is 0.222. The lowest BCUT2D eigenvalue weighted by atomic mass is 10.3. The zero-order valence-corrected chi connectivity index (χ0v) is 15.4. The molecule has 1 amide bonds. The van der Waals surface area contributed by atoms with E-state index in [2.05, 4.69) is 15.5 Å². The van der Waals surface area contributed by atoms with Crippen LogP contribution in [0.15, 0.2) is 59.8 Å². The largest absolute Gasteiger partial charge is 0.492 e. The van der Waals surface area contributed by atoms with Crippen LogP contribution in [0.2, 0.25) is 0 Å². The summed E-state index contributed by atoms with van der Waals surface area (Å²) in [6, 6.07) is 17.0. The molecular formula is C18H19N5O2S. The Labute approximate surface area is 156 Å². The van der Waals surface area contributed by atoms with Crippen molar-refractivity contribution < 1.29 is 9.53 Å². The summed E-state index contributed by atoms with van der Waals surface area (Å²) in [6.45, 7) is 2.46. The van der Waals surface area contributed by atoms with Crippen molar-refractivity contribution in [2.75, 3.05) is 24.3 Å². The zero-order valence-electron chi connectivity index (χ0n) is 14.6. The van der Waals surface area contributed by atoms with Crippen LogP contribution in [0.3, 0.4) is 0 Å². The molecular weight excluding hydrogens is 350 g/mol. The van der Waals surface area contributed by atoms with Crippen LogP contribution in [0.4, 0.5) is 5.69 Å². The zero-order chi connectivity index (χ0) is 18.4. The average molecular weight is 369 g/mol. The van der Waals surface area contributed by atoms with E-state index in [0.29, 0.717) is 17.5 Å². The number of hydrogen-bond acceptors (Lipinski definition) is 6. The van der Waals surface area contributed by atoms with Crippen LogP contribution in [0.1, 0.15) is 6.92 Å². The maximum atomic E-state index is 12.5. The number of tetrazole rings is 1. The quantitative estimate of drug-likeness (QED) is 0.596. The number of carbonyl (C=O) groups is 1. The Balaban J connectivity index is 1.73. The molecule has 0 spiro atoms. The second kappa shape index (κ2) is 8.48. The summed E-state index contributed by atoms with van der Waals surface area (Å²) >= 11 is 1.29. The smallest absolute Gasteiger partial charge is 0.237 e. The number of amides is 1. The van der Waals surface area contributed by atoms with Crippen LogP contribution in [0.25, 0.3) is 5.69 Å². The van der Waals surface area contributed by atoms with Gasteiger partial charge in [0.25, 0.3) is 0 Å². The molecule has 7 nitrogen and oxygen atoms in total. The molecule has 0 aliphatic carbocycles. The van der Waals surface area contributed by atoms with Gasteiger partial charge in [0.15, 0.2) is 0 Å². The predicted molar refractivity (Wildman–Crippen MR) is 101 cm³/mol. The summed E-state index contributed by atoms with van der Waals surface area (Å²) in [4.78, 5) is 14.1. The van der Waals surface area contributed by atoms with Gasteiger partial charge in [-0.15, -0.1) is 5.10 Å². The van der Waals surface area contributed by atoms with Gasteiger partial charge in [0.05, 0.1) is 12.4 Å². The van der Waals surface area contributed by atoms with Crippen LogP contribution in [-0.2, 0) is 4.79 Å². The highest BCUT2D eigenvalue weighted by Gasteiger charge is 2.17. The van der Waals surface area contributed by atoms with E-state index in [9.17, 15) is 4.79 Å². The lowest BCUT2D eigenvalue weighted by Crippen LogP contribution is -2.27. The SMILES string of the molecule is CCOc1ccccc1-n1nnnc1SCC(=O)N(C)c1ccccc1. The van der Waals surface area contributed by atoms with Crippen LogP contribution in [-0.4, -0.2) is 45.5 Å². The molecule has 0 aliphatic heterocycles. The summed E-state index contributed by atoms with van der Waals surface area (Å²) in [7, 11) is 1.76. The monoisotopic (exact) mass is 369 g/mol. The summed E-state index contributed by atoms with van der Waals surface area (Å²) in [5, 5.41) is 12.4. The highest BCUT2D eigenvalue weighted by molar-refractivity contribution is 7.99. The molecule has 26 heavy (non-hydrogen) atoms. The van der Waals surface area contributed by atoms with Gasteiger partial charge in [-0.3, -0.25) is 4.79 Å². The maximum absolute atomic E-state index is 12.5. The Morgan fingerprint density at radius 3 is 2.65 bits per heavy atom. The van der Waals surface area contributed by atoms with Crippen molar-refractivity contribution in [3.05, 3.63) is 54.6 Å². The van der Waals surface area contributed by atoms with Crippen molar-refractivity contribution in [2.45, 2.75) is 12.1 Å². The molecule has 1 aromatic heterocycles. The normalized spacial score (nSPS) is 10.5. The third-order valence-electron chi connectivity index (χ3n) is 3.68. The van der Waals surface area contributed by atoms with Gasteiger partial charge in [-0.05, 0) is 41.6 Å². The lowest BCUT2D eigenvalue weighted by Gasteiger charge is -2.16. The lowest BCUT2D eigenvalue weighted by molar-refractivity contribution is -0.115. The Morgan fingerprint density at radius 2 is 1.88 bits per heavy atom. The number of anilines is 1. The minimum Gasteiger partial charge on any atom is -0.492 e. The number of carbonyl (C=O) groups excluding carboxylic acids is 1. The first-order chi connectivity index (χ1) is 12.7. The van der Waals surface area contributed by atoms with Gasteiger partial charge in [-0.2, -0.15) is 4.68 Å². The molecule has 0 saturated heterocycles. The average Bonchev–Trinajstić information content (AvgIpc) is 3.15. The highest BCUT2D eigenvalue weighted by Crippen LogP contribution is 2.26. The molecule has 0 fully saturated rings. The number of ether oxygens (including phenoxy) is 1. The van der Waals surface area contributed by atoms with Gasteiger partial charge < -0.3 is 9.64 Å². The Bertz CT molecular complexity index is 869. The molecule has 0 unspecified atom stereocenters. The molecule has 3 aromatic rings. The number of nitrogens with zero attached hydrogens (tertiary/aromatic N) is 5. The van der Waals surface area contributed by atoms with Crippen molar-refractivity contribution in [2.24, 2.45) is 0 Å². The summed E-state index contributed by atoms with van der Waals surface area (Å²) < 4.78 is 7.23. The van der Waals surface area contributed by atoms with Gasteiger partial charge >= 0.3 is 0 Å². The van der Waals surface area contributed by atoms with Crippen LogP contribution >= 0.6 is 11.8 Å².